The number of hydrogen-bond acceptors (Lipinski definition) is 2. The smallest absolute Gasteiger partial charge is 0.222 e. The van der Waals surface area contributed by atoms with Gasteiger partial charge in [-0.1, -0.05) is 38.0 Å². The standard InChI is InChI=1S/C19H26N2O2/c1-2-14-6-5-7-16-15(13-21-18(14)16)8-11-20-17(22)12-19(23)9-3-4-10-19/h5-7,13,21,23H,2-4,8-12H2,1H3,(H,20,22). The summed E-state index contributed by atoms with van der Waals surface area (Å²) in [7, 11) is 0. The van der Waals surface area contributed by atoms with E-state index in [1.165, 1.54) is 22.0 Å². The highest BCUT2D eigenvalue weighted by Crippen LogP contribution is 2.32. The van der Waals surface area contributed by atoms with Gasteiger partial charge in [-0.3, -0.25) is 4.79 Å². The Balaban J connectivity index is 1.55. The Hall–Kier alpha value is -1.81. The summed E-state index contributed by atoms with van der Waals surface area (Å²) in [5.41, 5.74) is 2.99. The van der Waals surface area contributed by atoms with Crippen LogP contribution in [0.1, 0.15) is 50.2 Å². The maximum Gasteiger partial charge on any atom is 0.222 e. The van der Waals surface area contributed by atoms with Crippen molar-refractivity contribution in [1.29, 1.82) is 0 Å². The maximum absolute atomic E-state index is 12.0. The number of hydrogen-bond donors (Lipinski definition) is 3. The Labute approximate surface area is 137 Å². The van der Waals surface area contributed by atoms with Crippen molar-refractivity contribution in [3.63, 3.8) is 0 Å². The van der Waals surface area contributed by atoms with E-state index in [2.05, 4.69) is 35.4 Å². The molecule has 124 valence electrons. The molecule has 2 aromatic rings. The lowest BCUT2D eigenvalue weighted by Crippen LogP contribution is -2.35. The zero-order valence-electron chi connectivity index (χ0n) is 13.8. The minimum atomic E-state index is -0.763. The third kappa shape index (κ3) is 3.58. The van der Waals surface area contributed by atoms with Crippen molar-refractivity contribution < 1.29 is 9.90 Å². The molecule has 1 aromatic carbocycles. The van der Waals surface area contributed by atoms with Gasteiger partial charge in [0.2, 0.25) is 5.91 Å². The van der Waals surface area contributed by atoms with Crippen molar-refractivity contribution in [2.75, 3.05) is 6.54 Å². The van der Waals surface area contributed by atoms with Gasteiger partial charge in [-0.2, -0.15) is 0 Å². The Morgan fingerprint density at radius 3 is 2.83 bits per heavy atom. The first-order valence-electron chi connectivity index (χ1n) is 8.68. The van der Waals surface area contributed by atoms with E-state index in [0.717, 1.165) is 38.5 Å². The van der Waals surface area contributed by atoms with Crippen LogP contribution in [0.2, 0.25) is 0 Å². The monoisotopic (exact) mass is 314 g/mol. The molecule has 4 heteroatoms. The number of H-pyrrole nitrogens is 1. The highest BCUT2D eigenvalue weighted by Gasteiger charge is 2.33. The summed E-state index contributed by atoms with van der Waals surface area (Å²) in [5, 5.41) is 14.5. The van der Waals surface area contributed by atoms with Gasteiger partial charge in [-0.15, -0.1) is 0 Å². The first kappa shape index (κ1) is 16.1. The molecule has 0 spiro atoms. The molecular formula is C19H26N2O2. The highest BCUT2D eigenvalue weighted by molar-refractivity contribution is 5.86. The van der Waals surface area contributed by atoms with Gasteiger partial charge in [-0.25, -0.2) is 0 Å². The lowest BCUT2D eigenvalue weighted by molar-refractivity contribution is -0.125. The predicted molar refractivity (Wildman–Crippen MR) is 92.4 cm³/mol. The van der Waals surface area contributed by atoms with Gasteiger partial charge in [0, 0.05) is 23.6 Å². The maximum atomic E-state index is 12.0. The van der Waals surface area contributed by atoms with E-state index in [-0.39, 0.29) is 12.3 Å². The zero-order valence-corrected chi connectivity index (χ0v) is 13.8. The second kappa shape index (κ2) is 6.75. The zero-order chi connectivity index (χ0) is 16.3. The minimum absolute atomic E-state index is 0.0384. The molecule has 3 N–H and O–H groups in total. The fourth-order valence-electron chi connectivity index (χ4n) is 3.68. The van der Waals surface area contributed by atoms with Crippen molar-refractivity contribution in [3.05, 3.63) is 35.5 Å². The molecule has 1 fully saturated rings. The fraction of sp³-hybridized carbons (Fsp3) is 0.526. The number of carbonyl (C=O) groups is 1. The molecule has 0 aliphatic heterocycles. The summed E-state index contributed by atoms with van der Waals surface area (Å²) in [6.45, 7) is 2.77. The van der Waals surface area contributed by atoms with E-state index < -0.39 is 5.60 Å². The molecule has 0 radical (unpaired) electrons. The molecule has 1 aromatic heterocycles. The van der Waals surface area contributed by atoms with Crippen LogP contribution in [0.5, 0.6) is 0 Å². The van der Waals surface area contributed by atoms with Crippen LogP contribution in [0.25, 0.3) is 10.9 Å². The highest BCUT2D eigenvalue weighted by atomic mass is 16.3. The van der Waals surface area contributed by atoms with E-state index in [9.17, 15) is 9.90 Å². The van der Waals surface area contributed by atoms with Crippen molar-refractivity contribution in [2.45, 2.75) is 57.5 Å². The van der Waals surface area contributed by atoms with Crippen molar-refractivity contribution in [2.24, 2.45) is 0 Å². The number of nitrogens with one attached hydrogen (secondary N) is 2. The molecule has 1 heterocycles. The van der Waals surface area contributed by atoms with Crippen LogP contribution < -0.4 is 5.32 Å². The van der Waals surface area contributed by atoms with E-state index >= 15 is 0 Å². The van der Waals surface area contributed by atoms with E-state index in [4.69, 9.17) is 0 Å². The first-order chi connectivity index (χ1) is 11.1. The summed E-state index contributed by atoms with van der Waals surface area (Å²) in [5.74, 6) is -0.0384. The molecule has 1 aliphatic rings. The van der Waals surface area contributed by atoms with Crippen LogP contribution in [0.3, 0.4) is 0 Å². The summed E-state index contributed by atoms with van der Waals surface area (Å²) in [4.78, 5) is 15.4. The van der Waals surface area contributed by atoms with Gasteiger partial charge >= 0.3 is 0 Å². The van der Waals surface area contributed by atoms with Crippen LogP contribution in [0.4, 0.5) is 0 Å². The Bertz CT molecular complexity index is 684. The van der Waals surface area contributed by atoms with Crippen LogP contribution >= 0.6 is 0 Å². The third-order valence-corrected chi connectivity index (χ3v) is 5.01. The van der Waals surface area contributed by atoms with Crippen molar-refractivity contribution >= 4 is 16.8 Å². The first-order valence-corrected chi connectivity index (χ1v) is 8.68. The molecule has 0 saturated heterocycles. The van der Waals surface area contributed by atoms with Crippen LogP contribution in [-0.2, 0) is 17.6 Å². The average molecular weight is 314 g/mol. The third-order valence-electron chi connectivity index (χ3n) is 5.01. The molecule has 1 amide bonds. The van der Waals surface area contributed by atoms with E-state index in [1.807, 2.05) is 6.20 Å². The molecule has 0 unspecified atom stereocenters. The second-order valence-electron chi connectivity index (χ2n) is 6.72. The Kier molecular flexibility index (Phi) is 4.71. The lowest BCUT2D eigenvalue weighted by atomic mass is 9.97. The summed E-state index contributed by atoms with van der Waals surface area (Å²) in [6, 6.07) is 6.36. The quantitative estimate of drug-likeness (QED) is 0.767. The van der Waals surface area contributed by atoms with Crippen LogP contribution in [0, 0.1) is 0 Å². The summed E-state index contributed by atoms with van der Waals surface area (Å²) >= 11 is 0. The molecule has 1 aliphatic carbocycles. The molecule has 0 bridgehead atoms. The number of para-hydroxylation sites is 1. The number of aliphatic hydroxyl groups is 1. The van der Waals surface area contributed by atoms with Crippen LogP contribution in [-0.4, -0.2) is 28.1 Å². The topological polar surface area (TPSA) is 65.1 Å². The number of rotatable bonds is 6. The van der Waals surface area contributed by atoms with E-state index in [1.54, 1.807) is 0 Å². The Morgan fingerprint density at radius 1 is 1.30 bits per heavy atom. The molecule has 4 nitrogen and oxygen atoms in total. The van der Waals surface area contributed by atoms with Crippen molar-refractivity contribution in [1.82, 2.24) is 10.3 Å². The fourth-order valence-corrected chi connectivity index (χ4v) is 3.68. The summed E-state index contributed by atoms with van der Waals surface area (Å²) < 4.78 is 0. The molecular weight excluding hydrogens is 288 g/mol. The minimum Gasteiger partial charge on any atom is -0.389 e. The van der Waals surface area contributed by atoms with Gasteiger partial charge in [0.05, 0.1) is 12.0 Å². The van der Waals surface area contributed by atoms with Crippen molar-refractivity contribution in [3.8, 4) is 0 Å². The normalized spacial score (nSPS) is 16.8. The molecule has 1 saturated carbocycles. The van der Waals surface area contributed by atoms with Gasteiger partial charge in [0.1, 0.15) is 0 Å². The molecule has 0 atom stereocenters. The Morgan fingerprint density at radius 2 is 2.09 bits per heavy atom. The lowest BCUT2D eigenvalue weighted by Gasteiger charge is -2.21. The molecule has 3 rings (SSSR count). The number of aromatic amines is 1. The summed E-state index contributed by atoms with van der Waals surface area (Å²) in [6.07, 6.45) is 7.65. The number of aryl methyl sites for hydroxylation is 1. The second-order valence-corrected chi connectivity index (χ2v) is 6.72. The van der Waals surface area contributed by atoms with Gasteiger partial charge < -0.3 is 15.4 Å². The number of fused-ring (bicyclic) bond motifs is 1. The number of benzene rings is 1. The largest absolute Gasteiger partial charge is 0.389 e. The number of amides is 1. The van der Waals surface area contributed by atoms with Gasteiger partial charge in [0.15, 0.2) is 0 Å². The average Bonchev–Trinajstić information content (AvgIpc) is 3.14. The van der Waals surface area contributed by atoms with Gasteiger partial charge in [-0.05, 0) is 36.8 Å². The molecule has 23 heavy (non-hydrogen) atoms. The number of aromatic nitrogens is 1. The van der Waals surface area contributed by atoms with Gasteiger partial charge in [0.25, 0.3) is 0 Å². The number of carbonyl (C=O) groups excluding carboxylic acids is 1. The predicted octanol–water partition coefficient (Wildman–Crippen LogP) is 3.08. The SMILES string of the molecule is CCc1cccc2c(CCNC(=O)CC3(O)CCCC3)c[nH]c12. The van der Waals surface area contributed by atoms with Crippen LogP contribution in [0.15, 0.2) is 24.4 Å². The van der Waals surface area contributed by atoms with E-state index in [0.29, 0.717) is 6.54 Å².